The lowest BCUT2D eigenvalue weighted by molar-refractivity contribution is -0.190. The number of aliphatic hydroxyl groups is 1. The molecule has 0 bridgehead atoms. The zero-order chi connectivity index (χ0) is 39.3. The Morgan fingerprint density at radius 3 is 2.28 bits per heavy atom. The third-order valence-electron chi connectivity index (χ3n) is 8.77. The number of halogens is 2. The second kappa shape index (κ2) is 14.4. The summed E-state index contributed by atoms with van der Waals surface area (Å²) >= 11 is 12.6. The van der Waals surface area contributed by atoms with Gasteiger partial charge in [0, 0.05) is 48.1 Å². The van der Waals surface area contributed by atoms with Crippen molar-refractivity contribution in [3.8, 4) is 11.4 Å². The van der Waals surface area contributed by atoms with Crippen molar-refractivity contribution in [1.82, 2.24) is 29.1 Å². The van der Waals surface area contributed by atoms with Gasteiger partial charge in [0.05, 0.1) is 36.3 Å². The molecule has 0 spiro atoms. The van der Waals surface area contributed by atoms with Crippen LogP contribution in [0.5, 0.6) is 5.75 Å². The summed E-state index contributed by atoms with van der Waals surface area (Å²) < 4.78 is 65.6. The van der Waals surface area contributed by atoms with Gasteiger partial charge in [-0.15, -0.1) is 0 Å². The molecule has 2 aromatic heterocycles. The first-order valence-corrected chi connectivity index (χ1v) is 16.7. The number of aliphatic hydroxyl groups excluding tert-OH is 1. The summed E-state index contributed by atoms with van der Waals surface area (Å²) in [6, 6.07) is 18.2. The fourth-order valence-electron chi connectivity index (χ4n) is 5.82. The highest BCUT2D eigenvalue weighted by Gasteiger charge is 2.45. The van der Waals surface area contributed by atoms with Crippen molar-refractivity contribution < 1.29 is 26.2 Å². The number of hydrogen-bond donors (Lipinski definition) is 1. The molecule has 0 radical (unpaired) electrons. The third kappa shape index (κ3) is 7.10. The van der Waals surface area contributed by atoms with Gasteiger partial charge in [0.25, 0.3) is 0 Å². The number of rotatable bonds is 11. The lowest BCUT2D eigenvalue weighted by atomic mass is 10.1. The minimum absolute atomic E-state index is 0.0433. The Labute approximate surface area is 306 Å². The van der Waals surface area contributed by atoms with Gasteiger partial charge in [-0.25, -0.2) is 23.7 Å². The van der Waals surface area contributed by atoms with Crippen LogP contribution in [0.25, 0.3) is 5.69 Å². The third-order valence-corrected chi connectivity index (χ3v) is 9.32. The molecule has 0 saturated carbocycles. The Morgan fingerprint density at radius 1 is 1.00 bits per heavy atom. The van der Waals surface area contributed by atoms with Gasteiger partial charge in [0.15, 0.2) is 0 Å². The van der Waals surface area contributed by atoms with Crippen LogP contribution in [-0.2, 0) is 21.8 Å². The maximum absolute atomic E-state index is 12.9. The van der Waals surface area contributed by atoms with Crippen molar-refractivity contribution in [3.05, 3.63) is 112 Å². The number of anilines is 2. The molecule has 2 unspecified atom stereocenters. The number of hydrogen-bond acceptors (Lipinski definition) is 10. The molecule has 15 heteroatoms. The molecule has 4 heterocycles. The molecule has 2 saturated heterocycles. The molecule has 2 aliphatic heterocycles. The fraction of sp³-hybridized carbons (Fsp3) is 0.371. The number of piperazine rings is 1. The first-order chi connectivity index (χ1) is 26.0. The van der Waals surface area contributed by atoms with E-state index in [2.05, 4.69) is 25.0 Å². The molecular weight excluding hydrogens is 683 g/mol. The van der Waals surface area contributed by atoms with Crippen LogP contribution < -0.4 is 20.2 Å². The van der Waals surface area contributed by atoms with Gasteiger partial charge >= 0.3 is 5.69 Å². The second-order valence-electron chi connectivity index (χ2n) is 12.0. The molecule has 262 valence electrons. The predicted octanol–water partition coefficient (Wildman–Crippen LogP) is 4.55. The Morgan fingerprint density at radius 2 is 1.66 bits per heavy atom. The Bertz CT molecular complexity index is 2180. The second-order valence-corrected chi connectivity index (χ2v) is 12.8. The van der Waals surface area contributed by atoms with Crippen LogP contribution in [0.15, 0.2) is 90.5 Å². The van der Waals surface area contributed by atoms with Crippen molar-refractivity contribution in [2.24, 2.45) is 0 Å². The van der Waals surface area contributed by atoms with Crippen molar-refractivity contribution in [1.29, 1.82) is 0 Å². The number of ether oxygens (including phenoxy) is 3. The first-order valence-electron chi connectivity index (χ1n) is 18.4. The zero-order valence-electron chi connectivity index (χ0n) is 32.2. The van der Waals surface area contributed by atoms with E-state index in [4.69, 9.17) is 44.3 Å². The molecular formula is C35H38Cl2N8O5. The summed E-state index contributed by atoms with van der Waals surface area (Å²) in [5, 5.41) is 18.4. The fourth-order valence-corrected chi connectivity index (χ4v) is 6.37. The molecule has 7 rings (SSSR count). The van der Waals surface area contributed by atoms with Gasteiger partial charge in [-0.2, -0.15) is 10.2 Å². The molecule has 13 nitrogen and oxygen atoms in total. The summed E-state index contributed by atoms with van der Waals surface area (Å²) in [6.07, 6.45) is 0.258. The standard InChI is InChI=1S/C35H38Cl2N8O5/c1-24(25(2)46)45-34(47)44(23-40-45)29-6-4-27(5-7-29)41-13-15-42(16-14-41)28-8-10-30(11-9-28)48-18-31-19-49-35(50-31,20-43-22-38-21-39-43)32-12-3-26(36)17-33(32)37/h3-12,17,21-25,31,46H,13-16,18-20H2,1-2H3/t24?,25?,31-,35-/m0/s1/i18D2,19D2,31D. The molecule has 2 fully saturated rings. The van der Waals surface area contributed by atoms with Gasteiger partial charge in [-0.05, 0) is 74.5 Å². The van der Waals surface area contributed by atoms with Crippen LogP contribution in [0.4, 0.5) is 11.4 Å². The molecule has 0 amide bonds. The quantitative estimate of drug-likeness (QED) is 0.207. The van der Waals surface area contributed by atoms with Crippen molar-refractivity contribution in [2.45, 2.75) is 44.4 Å². The molecule has 0 aliphatic carbocycles. The Balaban J connectivity index is 1.02. The van der Waals surface area contributed by atoms with E-state index in [1.165, 1.54) is 51.1 Å². The average Bonchev–Trinajstić information content (AvgIpc) is 3.85. The summed E-state index contributed by atoms with van der Waals surface area (Å²) in [7, 11) is 0. The summed E-state index contributed by atoms with van der Waals surface area (Å²) in [5.74, 6) is -2.07. The van der Waals surface area contributed by atoms with E-state index >= 15 is 0 Å². The SMILES string of the molecule is [2H]C([2H])(Oc1ccc(N2CCN(c3ccc(-n4cnn(C(C)C(C)O)c4=O)cc3)CC2)cc1)[C@]1([2H])O[C@@](Cn2cncn2)(c2ccc(Cl)cc2Cl)OC1([2H])[2H]. The van der Waals surface area contributed by atoms with E-state index < -0.39 is 37.1 Å². The number of aromatic nitrogens is 6. The highest BCUT2D eigenvalue weighted by Crippen LogP contribution is 2.40. The molecule has 5 aromatic rings. The lowest BCUT2D eigenvalue weighted by Crippen LogP contribution is -2.46. The van der Waals surface area contributed by atoms with E-state index in [9.17, 15) is 9.90 Å². The van der Waals surface area contributed by atoms with Crippen molar-refractivity contribution in [3.63, 3.8) is 0 Å². The molecule has 3 aromatic carbocycles. The predicted molar refractivity (Wildman–Crippen MR) is 190 cm³/mol. The number of benzene rings is 3. The number of nitrogens with zero attached hydrogens (tertiary/aromatic N) is 8. The molecule has 4 atom stereocenters. The van der Waals surface area contributed by atoms with Crippen LogP contribution in [0.2, 0.25) is 10.0 Å². The minimum Gasteiger partial charge on any atom is -0.491 e. The van der Waals surface area contributed by atoms with E-state index in [-0.39, 0.29) is 28.6 Å². The van der Waals surface area contributed by atoms with Crippen molar-refractivity contribution >= 4 is 34.6 Å². The van der Waals surface area contributed by atoms with Crippen LogP contribution in [0.1, 0.15) is 32.3 Å². The van der Waals surface area contributed by atoms with E-state index in [1.54, 1.807) is 38.1 Å². The Hall–Kier alpha value is -4.40. The smallest absolute Gasteiger partial charge is 0.350 e. The maximum atomic E-state index is 12.9. The highest BCUT2D eigenvalue weighted by molar-refractivity contribution is 6.35. The van der Waals surface area contributed by atoms with Gasteiger partial charge < -0.3 is 29.1 Å². The molecule has 1 N–H and O–H groups in total. The van der Waals surface area contributed by atoms with Crippen LogP contribution in [0.3, 0.4) is 0 Å². The van der Waals surface area contributed by atoms with E-state index in [0.29, 0.717) is 36.9 Å². The zero-order valence-corrected chi connectivity index (χ0v) is 28.7. The average molecular weight is 727 g/mol. The Kier molecular flexibility index (Phi) is 8.18. The van der Waals surface area contributed by atoms with E-state index in [1.807, 2.05) is 24.3 Å². The monoisotopic (exact) mass is 725 g/mol. The van der Waals surface area contributed by atoms with Crippen LogP contribution >= 0.6 is 23.2 Å². The van der Waals surface area contributed by atoms with Crippen LogP contribution in [0, 0.1) is 0 Å². The first kappa shape index (κ1) is 28.3. The van der Waals surface area contributed by atoms with Crippen molar-refractivity contribution in [2.75, 3.05) is 49.1 Å². The summed E-state index contributed by atoms with van der Waals surface area (Å²) in [4.78, 5) is 21.2. The molecule has 50 heavy (non-hydrogen) atoms. The van der Waals surface area contributed by atoms with E-state index in [0.717, 1.165) is 11.4 Å². The van der Waals surface area contributed by atoms with Crippen LogP contribution in [-0.4, -0.2) is 85.7 Å². The summed E-state index contributed by atoms with van der Waals surface area (Å²) in [5.41, 5.74) is 2.31. The maximum Gasteiger partial charge on any atom is 0.350 e. The highest BCUT2D eigenvalue weighted by atomic mass is 35.5. The largest absolute Gasteiger partial charge is 0.491 e. The van der Waals surface area contributed by atoms with Gasteiger partial charge in [0.1, 0.15) is 43.9 Å². The normalized spacial score (nSPS) is 24.9. The minimum atomic E-state index is -3.09. The summed E-state index contributed by atoms with van der Waals surface area (Å²) in [6.45, 7) is -0.313. The molecule has 2 aliphatic rings. The van der Waals surface area contributed by atoms with Gasteiger partial charge in [-0.1, -0.05) is 29.3 Å². The topological polar surface area (TPSA) is 125 Å². The van der Waals surface area contributed by atoms with Gasteiger partial charge in [-0.3, -0.25) is 0 Å². The van der Waals surface area contributed by atoms with Gasteiger partial charge in [0.2, 0.25) is 5.79 Å². The lowest BCUT2D eigenvalue weighted by Gasteiger charge is -2.37.